The van der Waals surface area contributed by atoms with Crippen molar-refractivity contribution in [2.75, 3.05) is 5.73 Å². The molecule has 0 aliphatic heterocycles. The molecule has 106 valence electrons. The lowest BCUT2D eigenvalue weighted by Gasteiger charge is -2.00. The van der Waals surface area contributed by atoms with Crippen molar-refractivity contribution < 1.29 is 4.39 Å². The van der Waals surface area contributed by atoms with Crippen molar-refractivity contribution in [2.24, 2.45) is 0 Å². The van der Waals surface area contributed by atoms with Crippen LogP contribution in [0, 0.1) is 12.7 Å². The lowest BCUT2D eigenvalue weighted by atomic mass is 10.1. The number of aryl methyl sites for hydroxylation is 1. The number of anilines is 1. The van der Waals surface area contributed by atoms with E-state index in [9.17, 15) is 4.39 Å². The summed E-state index contributed by atoms with van der Waals surface area (Å²) in [6.45, 7) is 2.04. The van der Waals surface area contributed by atoms with E-state index < -0.39 is 0 Å². The van der Waals surface area contributed by atoms with Crippen molar-refractivity contribution >= 4 is 17.0 Å². The number of nitrogen functional groups attached to an aromatic ring is 1. The number of nitrogens with zero attached hydrogens (tertiary/aromatic N) is 1. The van der Waals surface area contributed by atoms with Crippen LogP contribution in [0.4, 0.5) is 10.1 Å². The second-order valence-corrected chi connectivity index (χ2v) is 6.19. The SMILES string of the molecule is Cc1sc(Cc2ccccc2F)nc1-c1ccc(N)cc1. The van der Waals surface area contributed by atoms with E-state index in [0.29, 0.717) is 12.0 Å². The van der Waals surface area contributed by atoms with E-state index in [-0.39, 0.29) is 5.82 Å². The minimum absolute atomic E-state index is 0.181. The van der Waals surface area contributed by atoms with E-state index in [1.165, 1.54) is 6.07 Å². The molecule has 1 aromatic heterocycles. The summed E-state index contributed by atoms with van der Waals surface area (Å²) in [5.41, 5.74) is 9.11. The van der Waals surface area contributed by atoms with E-state index in [1.807, 2.05) is 37.3 Å². The third kappa shape index (κ3) is 2.95. The molecule has 0 unspecified atom stereocenters. The molecule has 0 saturated heterocycles. The molecule has 0 bridgehead atoms. The van der Waals surface area contributed by atoms with Gasteiger partial charge in [0.1, 0.15) is 5.82 Å². The van der Waals surface area contributed by atoms with Gasteiger partial charge in [-0.05, 0) is 30.7 Å². The fourth-order valence-electron chi connectivity index (χ4n) is 2.24. The molecule has 2 nitrogen and oxygen atoms in total. The molecule has 0 radical (unpaired) electrons. The van der Waals surface area contributed by atoms with Crippen LogP contribution >= 0.6 is 11.3 Å². The van der Waals surface area contributed by atoms with Gasteiger partial charge in [0.05, 0.1) is 10.7 Å². The summed E-state index contributed by atoms with van der Waals surface area (Å²) < 4.78 is 13.7. The van der Waals surface area contributed by atoms with Crippen LogP contribution in [0.3, 0.4) is 0 Å². The highest BCUT2D eigenvalue weighted by Crippen LogP contribution is 2.29. The predicted octanol–water partition coefficient (Wildman–Crippen LogP) is 4.43. The first kappa shape index (κ1) is 13.8. The third-order valence-corrected chi connectivity index (χ3v) is 4.30. The number of halogens is 1. The Hall–Kier alpha value is -2.20. The normalized spacial score (nSPS) is 10.8. The van der Waals surface area contributed by atoms with Crippen LogP contribution in [0.15, 0.2) is 48.5 Å². The second kappa shape index (κ2) is 5.66. The fraction of sp³-hybridized carbons (Fsp3) is 0.118. The zero-order valence-corrected chi connectivity index (χ0v) is 12.5. The zero-order valence-electron chi connectivity index (χ0n) is 11.6. The van der Waals surface area contributed by atoms with Gasteiger partial charge in [-0.15, -0.1) is 11.3 Å². The smallest absolute Gasteiger partial charge is 0.126 e. The summed E-state index contributed by atoms with van der Waals surface area (Å²) in [7, 11) is 0. The first-order chi connectivity index (χ1) is 10.1. The maximum absolute atomic E-state index is 13.7. The van der Waals surface area contributed by atoms with Gasteiger partial charge in [0.25, 0.3) is 0 Å². The highest BCUT2D eigenvalue weighted by Gasteiger charge is 2.11. The standard InChI is InChI=1S/C17H15FN2S/c1-11-17(12-6-8-14(19)9-7-12)20-16(21-11)10-13-4-2-3-5-15(13)18/h2-9H,10,19H2,1H3. The lowest BCUT2D eigenvalue weighted by Crippen LogP contribution is -1.91. The summed E-state index contributed by atoms with van der Waals surface area (Å²) in [4.78, 5) is 5.79. The molecule has 0 aliphatic rings. The van der Waals surface area contributed by atoms with Crippen molar-refractivity contribution in [1.29, 1.82) is 0 Å². The van der Waals surface area contributed by atoms with Gasteiger partial charge in [0.15, 0.2) is 0 Å². The molecule has 4 heteroatoms. The van der Waals surface area contributed by atoms with Crippen LogP contribution in [-0.2, 0) is 6.42 Å². The van der Waals surface area contributed by atoms with E-state index in [0.717, 1.165) is 26.8 Å². The van der Waals surface area contributed by atoms with Crippen molar-refractivity contribution in [3.63, 3.8) is 0 Å². The van der Waals surface area contributed by atoms with Gasteiger partial charge in [0, 0.05) is 22.5 Å². The van der Waals surface area contributed by atoms with Crippen LogP contribution in [-0.4, -0.2) is 4.98 Å². The molecule has 0 atom stereocenters. The Labute approximate surface area is 127 Å². The second-order valence-electron chi connectivity index (χ2n) is 4.90. The summed E-state index contributed by atoms with van der Waals surface area (Å²) in [5.74, 6) is -0.181. The van der Waals surface area contributed by atoms with Crippen molar-refractivity contribution in [3.8, 4) is 11.3 Å². The van der Waals surface area contributed by atoms with Crippen molar-refractivity contribution in [2.45, 2.75) is 13.3 Å². The zero-order chi connectivity index (χ0) is 14.8. The Balaban J connectivity index is 1.91. The van der Waals surface area contributed by atoms with Crippen molar-refractivity contribution in [1.82, 2.24) is 4.98 Å². The van der Waals surface area contributed by atoms with Gasteiger partial charge in [-0.25, -0.2) is 9.37 Å². The minimum Gasteiger partial charge on any atom is -0.399 e. The summed E-state index contributed by atoms with van der Waals surface area (Å²) >= 11 is 1.61. The Morgan fingerprint density at radius 1 is 1.10 bits per heavy atom. The number of hydrogen-bond acceptors (Lipinski definition) is 3. The Kier molecular flexibility index (Phi) is 3.71. The maximum Gasteiger partial charge on any atom is 0.126 e. The van der Waals surface area contributed by atoms with E-state index in [2.05, 4.69) is 4.98 Å². The summed E-state index contributed by atoms with van der Waals surface area (Å²) in [5, 5.41) is 0.921. The average molecular weight is 298 g/mol. The molecule has 21 heavy (non-hydrogen) atoms. The molecule has 3 aromatic rings. The molecule has 0 aliphatic carbocycles. The minimum atomic E-state index is -0.181. The van der Waals surface area contributed by atoms with Gasteiger partial charge in [-0.1, -0.05) is 30.3 Å². The molecule has 0 spiro atoms. The largest absolute Gasteiger partial charge is 0.399 e. The number of nitrogens with two attached hydrogens (primary N) is 1. The molecule has 0 amide bonds. The quantitative estimate of drug-likeness (QED) is 0.726. The Morgan fingerprint density at radius 3 is 2.52 bits per heavy atom. The maximum atomic E-state index is 13.7. The Morgan fingerprint density at radius 2 is 1.81 bits per heavy atom. The fourth-order valence-corrected chi connectivity index (χ4v) is 3.22. The monoisotopic (exact) mass is 298 g/mol. The number of aromatic nitrogens is 1. The number of hydrogen-bond donors (Lipinski definition) is 1. The molecule has 1 heterocycles. The molecular formula is C17H15FN2S. The molecular weight excluding hydrogens is 283 g/mol. The van der Waals surface area contributed by atoms with Gasteiger partial charge in [0.2, 0.25) is 0 Å². The third-order valence-electron chi connectivity index (χ3n) is 3.32. The van der Waals surface area contributed by atoms with Crippen LogP contribution in [0.5, 0.6) is 0 Å². The van der Waals surface area contributed by atoms with Crippen LogP contribution in [0.1, 0.15) is 15.4 Å². The molecule has 2 aromatic carbocycles. The summed E-state index contributed by atoms with van der Waals surface area (Å²) in [6.07, 6.45) is 0.521. The van der Waals surface area contributed by atoms with Gasteiger partial charge >= 0.3 is 0 Å². The predicted molar refractivity (Wildman–Crippen MR) is 85.9 cm³/mol. The Bertz CT molecular complexity index is 763. The van der Waals surface area contributed by atoms with E-state index in [4.69, 9.17) is 5.73 Å². The van der Waals surface area contributed by atoms with Gasteiger partial charge in [-0.3, -0.25) is 0 Å². The number of rotatable bonds is 3. The van der Waals surface area contributed by atoms with Gasteiger partial charge in [-0.2, -0.15) is 0 Å². The number of thiazole rings is 1. The number of benzene rings is 2. The van der Waals surface area contributed by atoms with Crippen LogP contribution in [0.25, 0.3) is 11.3 Å². The highest BCUT2D eigenvalue weighted by atomic mass is 32.1. The molecule has 0 saturated carbocycles. The first-order valence-electron chi connectivity index (χ1n) is 6.69. The molecule has 2 N–H and O–H groups in total. The highest BCUT2D eigenvalue weighted by molar-refractivity contribution is 7.12. The lowest BCUT2D eigenvalue weighted by molar-refractivity contribution is 0.614. The molecule has 0 fully saturated rings. The van der Waals surface area contributed by atoms with Crippen LogP contribution in [0.2, 0.25) is 0 Å². The average Bonchev–Trinajstić information content (AvgIpc) is 2.83. The summed E-state index contributed by atoms with van der Waals surface area (Å²) in [6, 6.07) is 14.5. The van der Waals surface area contributed by atoms with Crippen LogP contribution < -0.4 is 5.73 Å². The van der Waals surface area contributed by atoms with Gasteiger partial charge < -0.3 is 5.73 Å². The first-order valence-corrected chi connectivity index (χ1v) is 7.51. The van der Waals surface area contributed by atoms with Crippen molar-refractivity contribution in [3.05, 3.63) is 69.8 Å². The van der Waals surface area contributed by atoms with E-state index >= 15 is 0 Å². The van der Waals surface area contributed by atoms with E-state index in [1.54, 1.807) is 23.5 Å². The molecule has 3 rings (SSSR count). The topological polar surface area (TPSA) is 38.9 Å².